The maximum atomic E-state index is 13.1. The van der Waals surface area contributed by atoms with Gasteiger partial charge in [0.05, 0.1) is 0 Å². The molecule has 1 aromatic carbocycles. The van der Waals surface area contributed by atoms with Gasteiger partial charge in [-0.3, -0.25) is 0 Å². The lowest BCUT2D eigenvalue weighted by molar-refractivity contribution is 0.531. The lowest BCUT2D eigenvalue weighted by Crippen LogP contribution is -2.28. The summed E-state index contributed by atoms with van der Waals surface area (Å²) in [6.45, 7) is 5.06. The normalized spacial score (nSPS) is 21.3. The van der Waals surface area contributed by atoms with Crippen molar-refractivity contribution >= 4 is 0 Å². The van der Waals surface area contributed by atoms with Crippen LogP contribution in [0.15, 0.2) is 12.1 Å². The number of rotatable bonds is 0. The fourth-order valence-corrected chi connectivity index (χ4v) is 2.18. The Hall–Kier alpha value is -0.890. The van der Waals surface area contributed by atoms with Crippen molar-refractivity contribution in [3.05, 3.63) is 34.6 Å². The van der Waals surface area contributed by atoms with Gasteiger partial charge in [-0.2, -0.15) is 0 Å². The Bertz CT molecular complexity index is 333. The smallest absolute Gasteiger partial charge is 0.123 e. The Morgan fingerprint density at radius 2 is 2.23 bits per heavy atom. The Morgan fingerprint density at radius 3 is 3.00 bits per heavy atom. The number of halogens is 1. The molecule has 0 radical (unpaired) electrons. The van der Waals surface area contributed by atoms with Crippen molar-refractivity contribution in [1.29, 1.82) is 0 Å². The van der Waals surface area contributed by atoms with E-state index in [-0.39, 0.29) is 5.82 Å². The molecule has 1 aliphatic heterocycles. The van der Waals surface area contributed by atoms with Crippen LogP contribution < -0.4 is 5.32 Å². The van der Waals surface area contributed by atoms with Gasteiger partial charge in [-0.15, -0.1) is 0 Å². The quantitative estimate of drug-likeness (QED) is 0.644. The summed E-state index contributed by atoms with van der Waals surface area (Å²) in [5.41, 5.74) is 3.52. The molecule has 1 aromatic rings. The highest BCUT2D eigenvalue weighted by atomic mass is 19.1. The molecule has 0 saturated heterocycles. The van der Waals surface area contributed by atoms with E-state index >= 15 is 0 Å². The molecule has 0 aliphatic carbocycles. The predicted molar refractivity (Wildman–Crippen MR) is 51.3 cm³/mol. The summed E-state index contributed by atoms with van der Waals surface area (Å²) in [6, 6.07) is 3.64. The highest BCUT2D eigenvalue weighted by Gasteiger charge is 2.18. The number of hydrogen-bond acceptors (Lipinski definition) is 1. The van der Waals surface area contributed by atoms with Gasteiger partial charge in [-0.1, -0.05) is 0 Å². The van der Waals surface area contributed by atoms with Crippen LogP contribution in [0.2, 0.25) is 0 Å². The second-order valence-electron chi connectivity index (χ2n) is 3.72. The molecule has 1 atom stereocenters. The molecule has 1 unspecified atom stereocenters. The minimum atomic E-state index is -0.106. The summed E-state index contributed by atoms with van der Waals surface area (Å²) >= 11 is 0. The van der Waals surface area contributed by atoms with E-state index in [0.29, 0.717) is 6.04 Å². The van der Waals surface area contributed by atoms with Crippen LogP contribution in [0.25, 0.3) is 0 Å². The maximum absolute atomic E-state index is 13.1. The summed E-state index contributed by atoms with van der Waals surface area (Å²) < 4.78 is 13.1. The zero-order valence-electron chi connectivity index (χ0n) is 8.02. The fraction of sp³-hybridized carbons (Fsp3) is 0.455. The lowest BCUT2D eigenvalue weighted by Gasteiger charge is -2.25. The van der Waals surface area contributed by atoms with Crippen molar-refractivity contribution in [3.63, 3.8) is 0 Å². The third-order valence-electron chi connectivity index (χ3n) is 2.72. The average Bonchev–Trinajstić information content (AvgIpc) is 2.02. The Labute approximate surface area is 78.0 Å². The minimum Gasteiger partial charge on any atom is -0.310 e. The second kappa shape index (κ2) is 3.11. The highest BCUT2D eigenvalue weighted by molar-refractivity contribution is 5.39. The number of fused-ring (bicyclic) bond motifs is 1. The Morgan fingerprint density at radius 1 is 1.46 bits per heavy atom. The molecule has 1 heterocycles. The summed E-state index contributed by atoms with van der Waals surface area (Å²) in [5.74, 6) is -0.106. The van der Waals surface area contributed by atoms with Gasteiger partial charge in [-0.05, 0) is 55.6 Å². The fourth-order valence-electron chi connectivity index (χ4n) is 2.18. The monoisotopic (exact) mass is 179 g/mol. The zero-order valence-corrected chi connectivity index (χ0v) is 8.02. The van der Waals surface area contributed by atoms with Crippen molar-refractivity contribution in [2.75, 3.05) is 6.54 Å². The summed E-state index contributed by atoms with van der Waals surface area (Å²) in [6.07, 6.45) is 0.943. The number of nitrogens with one attached hydrogen (secondary N) is 1. The molecule has 1 nitrogen and oxygen atoms in total. The molecule has 0 bridgehead atoms. The van der Waals surface area contributed by atoms with E-state index in [9.17, 15) is 4.39 Å². The summed E-state index contributed by atoms with van der Waals surface area (Å²) in [5, 5.41) is 3.38. The molecule has 2 rings (SSSR count). The molecule has 1 N–H and O–H groups in total. The highest BCUT2D eigenvalue weighted by Crippen LogP contribution is 2.26. The molecular formula is C11H14FN. The largest absolute Gasteiger partial charge is 0.310 e. The SMILES string of the molecule is Cc1cc(F)cc2c1C(C)NCC2. The molecule has 0 saturated carbocycles. The van der Waals surface area contributed by atoms with Gasteiger partial charge in [0.1, 0.15) is 5.82 Å². The molecule has 2 heteroatoms. The third-order valence-corrected chi connectivity index (χ3v) is 2.72. The first-order chi connectivity index (χ1) is 6.18. The maximum Gasteiger partial charge on any atom is 0.123 e. The van der Waals surface area contributed by atoms with Gasteiger partial charge in [-0.25, -0.2) is 4.39 Å². The number of aryl methyl sites for hydroxylation is 1. The van der Waals surface area contributed by atoms with Crippen LogP contribution in [-0.4, -0.2) is 6.54 Å². The zero-order chi connectivity index (χ0) is 9.42. The topological polar surface area (TPSA) is 12.0 Å². The Kier molecular flexibility index (Phi) is 2.08. The van der Waals surface area contributed by atoms with Crippen LogP contribution in [0.4, 0.5) is 4.39 Å². The first-order valence-electron chi connectivity index (χ1n) is 4.71. The first kappa shape index (κ1) is 8.70. The Balaban J connectivity index is 2.56. The van der Waals surface area contributed by atoms with Crippen molar-refractivity contribution in [1.82, 2.24) is 5.32 Å². The van der Waals surface area contributed by atoms with Gasteiger partial charge in [0.25, 0.3) is 0 Å². The van der Waals surface area contributed by atoms with Crippen LogP contribution in [0.3, 0.4) is 0 Å². The third kappa shape index (κ3) is 1.46. The number of benzene rings is 1. The molecular weight excluding hydrogens is 165 g/mol. The summed E-state index contributed by atoms with van der Waals surface area (Å²) in [7, 11) is 0. The van der Waals surface area contributed by atoms with E-state index in [0.717, 1.165) is 18.5 Å². The van der Waals surface area contributed by atoms with Gasteiger partial charge in [0.2, 0.25) is 0 Å². The lowest BCUT2D eigenvalue weighted by atomic mass is 9.91. The van der Waals surface area contributed by atoms with Crippen LogP contribution in [0.5, 0.6) is 0 Å². The van der Waals surface area contributed by atoms with Crippen LogP contribution in [0.1, 0.15) is 29.7 Å². The second-order valence-corrected chi connectivity index (χ2v) is 3.72. The van der Waals surface area contributed by atoms with Crippen molar-refractivity contribution < 1.29 is 4.39 Å². The van der Waals surface area contributed by atoms with Gasteiger partial charge >= 0.3 is 0 Å². The van der Waals surface area contributed by atoms with Crippen molar-refractivity contribution in [2.45, 2.75) is 26.3 Å². The van der Waals surface area contributed by atoms with E-state index in [1.807, 2.05) is 6.92 Å². The van der Waals surface area contributed by atoms with Gasteiger partial charge in [0, 0.05) is 6.04 Å². The molecule has 0 amide bonds. The van der Waals surface area contributed by atoms with Crippen molar-refractivity contribution in [2.24, 2.45) is 0 Å². The summed E-state index contributed by atoms with van der Waals surface area (Å²) in [4.78, 5) is 0. The molecule has 70 valence electrons. The van der Waals surface area contributed by atoms with E-state index in [2.05, 4.69) is 12.2 Å². The van der Waals surface area contributed by atoms with Crippen molar-refractivity contribution in [3.8, 4) is 0 Å². The predicted octanol–water partition coefficient (Wildman–Crippen LogP) is 2.34. The number of hydrogen-bond donors (Lipinski definition) is 1. The van der Waals surface area contributed by atoms with Gasteiger partial charge < -0.3 is 5.32 Å². The average molecular weight is 179 g/mol. The molecule has 0 fully saturated rings. The molecule has 0 spiro atoms. The van der Waals surface area contributed by atoms with Crippen LogP contribution in [0, 0.1) is 12.7 Å². The van der Waals surface area contributed by atoms with Crippen LogP contribution in [-0.2, 0) is 6.42 Å². The van der Waals surface area contributed by atoms with E-state index in [4.69, 9.17) is 0 Å². The van der Waals surface area contributed by atoms with E-state index < -0.39 is 0 Å². The minimum absolute atomic E-state index is 0.106. The van der Waals surface area contributed by atoms with E-state index in [1.165, 1.54) is 11.1 Å². The molecule has 0 aromatic heterocycles. The first-order valence-corrected chi connectivity index (χ1v) is 4.71. The van der Waals surface area contributed by atoms with Gasteiger partial charge in [0.15, 0.2) is 0 Å². The standard InChI is InChI=1S/C11H14FN/c1-7-5-10(12)6-9-3-4-13-8(2)11(7)9/h5-6,8,13H,3-4H2,1-2H3. The molecule has 1 aliphatic rings. The van der Waals surface area contributed by atoms with E-state index in [1.54, 1.807) is 12.1 Å². The molecule has 13 heavy (non-hydrogen) atoms. The van der Waals surface area contributed by atoms with Crippen LogP contribution >= 0.6 is 0 Å².